The summed E-state index contributed by atoms with van der Waals surface area (Å²) in [6, 6.07) is 10.9. The number of halogens is 1. The molecule has 2 nitrogen and oxygen atoms in total. The van der Waals surface area contributed by atoms with Crippen molar-refractivity contribution in [1.82, 2.24) is 4.90 Å². The summed E-state index contributed by atoms with van der Waals surface area (Å²) in [6.45, 7) is 3.45. The van der Waals surface area contributed by atoms with E-state index in [4.69, 9.17) is 0 Å². The molecule has 1 aliphatic rings. The Hall–Kier alpha value is -1.87. The molecule has 0 aliphatic carbocycles. The Morgan fingerprint density at radius 2 is 2.00 bits per heavy atom. The van der Waals surface area contributed by atoms with Crippen LogP contribution < -0.4 is 0 Å². The number of hydrogen-bond donors (Lipinski definition) is 1. The van der Waals surface area contributed by atoms with Gasteiger partial charge < -0.3 is 10.0 Å². The quantitative estimate of drug-likeness (QED) is 0.859. The maximum atomic E-state index is 13.8. The Labute approximate surface area is 118 Å². The molecule has 0 fully saturated rings. The lowest BCUT2D eigenvalue weighted by molar-refractivity contribution is 0.294. The van der Waals surface area contributed by atoms with Gasteiger partial charge in [-0.1, -0.05) is 18.2 Å². The van der Waals surface area contributed by atoms with Crippen LogP contribution in [-0.2, 0) is 6.54 Å². The van der Waals surface area contributed by atoms with Gasteiger partial charge >= 0.3 is 0 Å². The summed E-state index contributed by atoms with van der Waals surface area (Å²) < 4.78 is 13.8. The summed E-state index contributed by atoms with van der Waals surface area (Å²) in [5.74, 6) is 0.281. The van der Waals surface area contributed by atoms with Crippen molar-refractivity contribution in [1.29, 1.82) is 0 Å². The van der Waals surface area contributed by atoms with E-state index in [2.05, 4.69) is 4.90 Å². The van der Waals surface area contributed by atoms with E-state index in [1.165, 1.54) is 5.56 Å². The highest BCUT2D eigenvalue weighted by Crippen LogP contribution is 2.35. The molecule has 0 radical (unpaired) electrons. The number of likely N-dealkylation sites (N-methyl/N-ethyl adjacent to an activating group) is 1. The van der Waals surface area contributed by atoms with Gasteiger partial charge in [-0.15, -0.1) is 0 Å². The Morgan fingerprint density at radius 1 is 1.20 bits per heavy atom. The topological polar surface area (TPSA) is 23.5 Å². The zero-order valence-electron chi connectivity index (χ0n) is 11.7. The third kappa shape index (κ3) is 2.29. The summed E-state index contributed by atoms with van der Waals surface area (Å²) in [5.41, 5.74) is 3.96. The van der Waals surface area contributed by atoms with Crippen LogP contribution in [0.4, 0.5) is 4.39 Å². The molecule has 0 spiro atoms. The maximum absolute atomic E-state index is 13.8. The molecule has 0 saturated carbocycles. The first-order chi connectivity index (χ1) is 9.54. The highest BCUT2D eigenvalue weighted by Gasteiger charge is 2.25. The first-order valence-electron chi connectivity index (χ1n) is 6.81. The molecule has 104 valence electrons. The van der Waals surface area contributed by atoms with Crippen molar-refractivity contribution in [2.75, 3.05) is 13.6 Å². The number of aryl methyl sites for hydroxylation is 1. The van der Waals surface area contributed by atoms with E-state index in [0.717, 1.165) is 24.2 Å². The molecule has 1 aliphatic heterocycles. The van der Waals surface area contributed by atoms with Gasteiger partial charge in [0.2, 0.25) is 0 Å². The third-order valence-corrected chi connectivity index (χ3v) is 4.03. The molecule has 20 heavy (non-hydrogen) atoms. The Kier molecular flexibility index (Phi) is 3.22. The first kappa shape index (κ1) is 13.1. The minimum atomic E-state index is -0.156. The van der Waals surface area contributed by atoms with E-state index >= 15 is 0 Å². The highest BCUT2D eigenvalue weighted by atomic mass is 19.1. The fourth-order valence-corrected chi connectivity index (χ4v) is 2.95. The number of aromatic hydroxyl groups is 1. The molecule has 0 aromatic heterocycles. The summed E-state index contributed by atoms with van der Waals surface area (Å²) in [4.78, 5) is 2.20. The Balaban J connectivity index is 2.08. The molecule has 0 saturated heterocycles. The second kappa shape index (κ2) is 4.91. The molecule has 0 bridgehead atoms. The van der Waals surface area contributed by atoms with Crippen molar-refractivity contribution >= 4 is 0 Å². The van der Waals surface area contributed by atoms with E-state index in [9.17, 15) is 9.50 Å². The molecular formula is C17H18FNO. The molecule has 2 aromatic carbocycles. The lowest BCUT2D eigenvalue weighted by Gasteiger charge is -2.32. The summed E-state index contributed by atoms with van der Waals surface area (Å²) in [6.07, 6.45) is 0. The molecule has 2 aromatic rings. The van der Waals surface area contributed by atoms with Crippen LogP contribution >= 0.6 is 0 Å². The number of hydrogen-bond acceptors (Lipinski definition) is 2. The van der Waals surface area contributed by atoms with Gasteiger partial charge in [0.05, 0.1) is 0 Å². The lowest BCUT2D eigenvalue weighted by Crippen LogP contribution is -2.31. The highest BCUT2D eigenvalue weighted by molar-refractivity contribution is 5.44. The summed E-state index contributed by atoms with van der Waals surface area (Å²) >= 11 is 0. The fourth-order valence-electron chi connectivity index (χ4n) is 2.95. The largest absolute Gasteiger partial charge is 0.508 e. The predicted octanol–water partition coefficient (Wildman–Crippen LogP) is 3.42. The Morgan fingerprint density at radius 3 is 2.75 bits per heavy atom. The van der Waals surface area contributed by atoms with Crippen molar-refractivity contribution in [3.05, 3.63) is 64.5 Å². The standard InChI is InChI=1S/C17H18FNO/c1-11-3-4-12(8-17(11)18)16-10-19(2)9-13-7-14(20)5-6-15(13)16/h3-8,16,20H,9-10H2,1-2H3. The van der Waals surface area contributed by atoms with Crippen LogP contribution in [0.2, 0.25) is 0 Å². The number of nitrogens with zero attached hydrogens (tertiary/aromatic N) is 1. The minimum Gasteiger partial charge on any atom is -0.508 e. The van der Waals surface area contributed by atoms with Gasteiger partial charge in [0, 0.05) is 19.0 Å². The minimum absolute atomic E-state index is 0.152. The third-order valence-electron chi connectivity index (χ3n) is 4.03. The molecule has 3 rings (SSSR count). The van der Waals surface area contributed by atoms with E-state index in [1.54, 1.807) is 19.1 Å². The molecule has 1 heterocycles. The maximum Gasteiger partial charge on any atom is 0.126 e. The van der Waals surface area contributed by atoms with Gasteiger partial charge in [0.1, 0.15) is 11.6 Å². The van der Waals surface area contributed by atoms with Crippen LogP contribution in [0.5, 0.6) is 5.75 Å². The van der Waals surface area contributed by atoms with Crippen molar-refractivity contribution < 1.29 is 9.50 Å². The zero-order chi connectivity index (χ0) is 14.3. The van der Waals surface area contributed by atoms with Gasteiger partial charge in [0.25, 0.3) is 0 Å². The van der Waals surface area contributed by atoms with Crippen molar-refractivity contribution in [2.24, 2.45) is 0 Å². The monoisotopic (exact) mass is 271 g/mol. The van der Waals surface area contributed by atoms with Crippen LogP contribution in [0.3, 0.4) is 0 Å². The van der Waals surface area contributed by atoms with Crippen molar-refractivity contribution in [3.63, 3.8) is 0 Å². The molecule has 1 unspecified atom stereocenters. The number of benzene rings is 2. The van der Waals surface area contributed by atoms with E-state index in [1.807, 2.05) is 31.3 Å². The van der Waals surface area contributed by atoms with E-state index in [0.29, 0.717) is 5.56 Å². The van der Waals surface area contributed by atoms with Crippen LogP contribution in [-0.4, -0.2) is 23.6 Å². The average molecular weight is 271 g/mol. The lowest BCUT2D eigenvalue weighted by atomic mass is 9.84. The van der Waals surface area contributed by atoms with Crippen LogP contribution in [0, 0.1) is 12.7 Å². The first-order valence-corrected chi connectivity index (χ1v) is 6.81. The molecule has 1 N–H and O–H groups in total. The van der Waals surface area contributed by atoms with Crippen LogP contribution in [0.15, 0.2) is 36.4 Å². The summed E-state index contributed by atoms with van der Waals surface area (Å²) in [7, 11) is 2.05. The van der Waals surface area contributed by atoms with Crippen molar-refractivity contribution in [2.45, 2.75) is 19.4 Å². The molecular weight excluding hydrogens is 253 g/mol. The number of rotatable bonds is 1. The molecule has 1 atom stereocenters. The molecule has 3 heteroatoms. The number of fused-ring (bicyclic) bond motifs is 1. The Bertz CT molecular complexity index is 653. The second-order valence-electron chi connectivity index (χ2n) is 5.64. The van der Waals surface area contributed by atoms with Gasteiger partial charge in [-0.05, 0) is 54.4 Å². The van der Waals surface area contributed by atoms with E-state index < -0.39 is 0 Å². The van der Waals surface area contributed by atoms with Crippen molar-refractivity contribution in [3.8, 4) is 5.75 Å². The van der Waals surface area contributed by atoms with Crippen LogP contribution in [0.1, 0.15) is 28.2 Å². The van der Waals surface area contributed by atoms with Gasteiger partial charge in [-0.3, -0.25) is 0 Å². The SMILES string of the molecule is Cc1ccc(C2CN(C)Cc3cc(O)ccc32)cc1F. The number of phenols is 1. The van der Waals surface area contributed by atoms with Crippen LogP contribution in [0.25, 0.3) is 0 Å². The predicted molar refractivity (Wildman–Crippen MR) is 77.4 cm³/mol. The smallest absolute Gasteiger partial charge is 0.126 e. The zero-order valence-corrected chi connectivity index (χ0v) is 11.7. The van der Waals surface area contributed by atoms with Gasteiger partial charge in [0.15, 0.2) is 0 Å². The number of phenolic OH excluding ortho intramolecular Hbond substituents is 1. The normalized spacial score (nSPS) is 18.9. The average Bonchev–Trinajstić information content (AvgIpc) is 2.40. The van der Waals surface area contributed by atoms with Gasteiger partial charge in [-0.25, -0.2) is 4.39 Å². The van der Waals surface area contributed by atoms with Gasteiger partial charge in [-0.2, -0.15) is 0 Å². The fraction of sp³-hybridized carbons (Fsp3) is 0.294. The molecule has 0 amide bonds. The second-order valence-corrected chi connectivity index (χ2v) is 5.64. The van der Waals surface area contributed by atoms with E-state index in [-0.39, 0.29) is 17.5 Å². The summed E-state index contributed by atoms with van der Waals surface area (Å²) in [5, 5.41) is 9.63.